The molecular formula is C13H20N4. The van der Waals surface area contributed by atoms with Gasteiger partial charge in [0.05, 0.1) is 6.04 Å². The summed E-state index contributed by atoms with van der Waals surface area (Å²) in [5.41, 5.74) is 1.32. The Bertz CT molecular complexity index is 430. The largest absolute Gasteiger partial charge is 0.354 e. The highest BCUT2D eigenvalue weighted by Crippen LogP contribution is 2.12. The zero-order chi connectivity index (χ0) is 12.1. The molecule has 4 heteroatoms. The lowest BCUT2D eigenvalue weighted by Gasteiger charge is -2.13. The molecule has 0 saturated heterocycles. The van der Waals surface area contributed by atoms with Gasteiger partial charge >= 0.3 is 0 Å². The van der Waals surface area contributed by atoms with Crippen LogP contribution in [0.5, 0.6) is 0 Å². The van der Waals surface area contributed by atoms with Gasteiger partial charge in [-0.1, -0.05) is 6.92 Å². The summed E-state index contributed by atoms with van der Waals surface area (Å²) in [5, 5.41) is 3.52. The number of rotatable bonds is 6. The van der Waals surface area contributed by atoms with Gasteiger partial charge in [0.25, 0.3) is 0 Å². The summed E-state index contributed by atoms with van der Waals surface area (Å²) >= 11 is 0. The molecule has 2 aromatic rings. The number of nitrogens with zero attached hydrogens (tertiary/aromatic N) is 2. The summed E-state index contributed by atoms with van der Waals surface area (Å²) < 4.78 is 2.19. The van der Waals surface area contributed by atoms with Gasteiger partial charge in [-0.25, -0.2) is 4.98 Å². The van der Waals surface area contributed by atoms with E-state index >= 15 is 0 Å². The first-order chi connectivity index (χ1) is 8.33. The Labute approximate surface area is 102 Å². The zero-order valence-corrected chi connectivity index (χ0v) is 10.5. The molecule has 0 amide bonds. The van der Waals surface area contributed by atoms with Gasteiger partial charge < -0.3 is 14.9 Å². The van der Waals surface area contributed by atoms with Gasteiger partial charge in [0, 0.05) is 37.9 Å². The Morgan fingerprint density at radius 2 is 2.35 bits per heavy atom. The number of aromatic nitrogens is 3. The van der Waals surface area contributed by atoms with Crippen LogP contribution >= 0.6 is 0 Å². The van der Waals surface area contributed by atoms with Crippen molar-refractivity contribution < 1.29 is 0 Å². The van der Waals surface area contributed by atoms with Crippen molar-refractivity contribution in [1.82, 2.24) is 19.9 Å². The van der Waals surface area contributed by atoms with Crippen LogP contribution in [-0.2, 0) is 13.1 Å². The first-order valence-corrected chi connectivity index (χ1v) is 6.20. The number of nitrogens with one attached hydrogen (secondary N) is 2. The van der Waals surface area contributed by atoms with Crippen LogP contribution in [0.2, 0.25) is 0 Å². The van der Waals surface area contributed by atoms with Crippen molar-refractivity contribution in [2.24, 2.45) is 0 Å². The van der Waals surface area contributed by atoms with E-state index in [0.717, 1.165) is 25.3 Å². The monoisotopic (exact) mass is 232 g/mol. The molecule has 1 unspecified atom stereocenters. The number of aryl methyl sites for hydroxylation is 1. The second-order valence-corrected chi connectivity index (χ2v) is 4.17. The fraction of sp³-hybridized carbons (Fsp3) is 0.462. The van der Waals surface area contributed by atoms with Crippen LogP contribution in [0.3, 0.4) is 0 Å². The second-order valence-electron chi connectivity index (χ2n) is 4.17. The van der Waals surface area contributed by atoms with Crippen LogP contribution in [0.1, 0.15) is 37.7 Å². The molecule has 1 atom stereocenters. The molecule has 0 bridgehead atoms. The lowest BCUT2D eigenvalue weighted by Crippen LogP contribution is -2.21. The van der Waals surface area contributed by atoms with Gasteiger partial charge in [0.1, 0.15) is 5.82 Å². The van der Waals surface area contributed by atoms with Gasteiger partial charge in [0.2, 0.25) is 0 Å². The van der Waals surface area contributed by atoms with Gasteiger partial charge in [-0.15, -0.1) is 0 Å². The number of H-pyrrole nitrogens is 1. The fourth-order valence-electron chi connectivity index (χ4n) is 1.94. The van der Waals surface area contributed by atoms with E-state index in [2.05, 4.69) is 52.2 Å². The summed E-state index contributed by atoms with van der Waals surface area (Å²) in [6, 6.07) is 2.46. The topological polar surface area (TPSA) is 45.6 Å². The van der Waals surface area contributed by atoms with E-state index in [0.29, 0.717) is 6.04 Å². The quantitative estimate of drug-likeness (QED) is 0.803. The minimum absolute atomic E-state index is 0.301. The number of hydrogen-bond acceptors (Lipinski definition) is 2. The minimum atomic E-state index is 0.301. The lowest BCUT2D eigenvalue weighted by atomic mass is 10.2. The molecule has 17 heavy (non-hydrogen) atoms. The van der Waals surface area contributed by atoms with E-state index in [4.69, 9.17) is 0 Å². The van der Waals surface area contributed by atoms with E-state index in [1.807, 2.05) is 6.20 Å². The second kappa shape index (κ2) is 5.68. The number of imidazole rings is 1. The summed E-state index contributed by atoms with van der Waals surface area (Å²) in [4.78, 5) is 7.46. The molecule has 0 aliphatic rings. The molecule has 0 radical (unpaired) electrons. The van der Waals surface area contributed by atoms with Crippen molar-refractivity contribution in [3.8, 4) is 0 Å². The Kier molecular flexibility index (Phi) is 3.98. The molecule has 0 fully saturated rings. The molecule has 2 rings (SSSR count). The number of aromatic amines is 1. The zero-order valence-electron chi connectivity index (χ0n) is 10.5. The molecule has 0 saturated carbocycles. The van der Waals surface area contributed by atoms with Crippen molar-refractivity contribution in [3.63, 3.8) is 0 Å². The standard InChI is InChI=1S/C13H20N4/c1-3-12(13-14-6-7-15-13)16-9-11-5-8-17(4-2)10-11/h5-8,10,12,16H,3-4,9H2,1-2H3,(H,14,15). The number of hydrogen-bond donors (Lipinski definition) is 2. The van der Waals surface area contributed by atoms with Crippen LogP contribution in [0.4, 0.5) is 0 Å². The molecule has 92 valence electrons. The SMILES string of the molecule is CCC(NCc1ccn(CC)c1)c1ncc[nH]1. The van der Waals surface area contributed by atoms with Gasteiger partial charge in [-0.2, -0.15) is 0 Å². The highest BCUT2D eigenvalue weighted by atomic mass is 15.0. The Morgan fingerprint density at radius 1 is 1.47 bits per heavy atom. The first kappa shape index (κ1) is 11.9. The van der Waals surface area contributed by atoms with Crippen molar-refractivity contribution in [1.29, 1.82) is 0 Å². The summed E-state index contributed by atoms with van der Waals surface area (Å²) in [5.74, 6) is 1.02. The molecule has 2 aromatic heterocycles. The van der Waals surface area contributed by atoms with Gasteiger partial charge in [0.15, 0.2) is 0 Å². The van der Waals surface area contributed by atoms with E-state index < -0.39 is 0 Å². The van der Waals surface area contributed by atoms with Gasteiger partial charge in [-0.3, -0.25) is 0 Å². The average molecular weight is 232 g/mol. The van der Waals surface area contributed by atoms with Crippen LogP contribution in [0.25, 0.3) is 0 Å². The van der Waals surface area contributed by atoms with Crippen LogP contribution < -0.4 is 5.32 Å². The molecule has 0 aromatic carbocycles. The maximum atomic E-state index is 4.30. The third-order valence-electron chi connectivity index (χ3n) is 2.99. The Balaban J connectivity index is 1.92. The summed E-state index contributed by atoms with van der Waals surface area (Å²) in [6.45, 7) is 6.22. The first-order valence-electron chi connectivity index (χ1n) is 6.20. The predicted molar refractivity (Wildman–Crippen MR) is 68.6 cm³/mol. The maximum Gasteiger partial charge on any atom is 0.123 e. The van der Waals surface area contributed by atoms with Gasteiger partial charge in [-0.05, 0) is 25.0 Å². The van der Waals surface area contributed by atoms with Crippen LogP contribution in [0, 0.1) is 0 Å². The van der Waals surface area contributed by atoms with Crippen LogP contribution in [0.15, 0.2) is 30.9 Å². The normalized spacial score (nSPS) is 12.8. The Hall–Kier alpha value is -1.55. The average Bonchev–Trinajstić information content (AvgIpc) is 3.00. The predicted octanol–water partition coefficient (Wildman–Crippen LogP) is 2.47. The van der Waals surface area contributed by atoms with E-state index in [1.165, 1.54) is 5.56 Å². The third kappa shape index (κ3) is 2.97. The molecule has 2 heterocycles. The fourth-order valence-corrected chi connectivity index (χ4v) is 1.94. The molecule has 2 N–H and O–H groups in total. The van der Waals surface area contributed by atoms with Crippen molar-refractivity contribution in [3.05, 3.63) is 42.2 Å². The van der Waals surface area contributed by atoms with E-state index in [-0.39, 0.29) is 0 Å². The minimum Gasteiger partial charge on any atom is -0.354 e. The maximum absolute atomic E-state index is 4.30. The molecule has 0 spiro atoms. The highest BCUT2D eigenvalue weighted by Gasteiger charge is 2.10. The Morgan fingerprint density at radius 3 is 2.94 bits per heavy atom. The summed E-state index contributed by atoms with van der Waals surface area (Å²) in [6.07, 6.45) is 9.00. The highest BCUT2D eigenvalue weighted by molar-refractivity contribution is 5.10. The van der Waals surface area contributed by atoms with Crippen LogP contribution in [-0.4, -0.2) is 14.5 Å². The molecule has 0 aliphatic heterocycles. The lowest BCUT2D eigenvalue weighted by molar-refractivity contribution is 0.497. The smallest absolute Gasteiger partial charge is 0.123 e. The molecular weight excluding hydrogens is 212 g/mol. The molecule has 0 aliphatic carbocycles. The van der Waals surface area contributed by atoms with E-state index in [1.54, 1.807) is 6.20 Å². The van der Waals surface area contributed by atoms with E-state index in [9.17, 15) is 0 Å². The van der Waals surface area contributed by atoms with Crippen molar-refractivity contribution in [2.45, 2.75) is 39.4 Å². The van der Waals surface area contributed by atoms with Crippen molar-refractivity contribution >= 4 is 0 Å². The molecule has 4 nitrogen and oxygen atoms in total. The third-order valence-corrected chi connectivity index (χ3v) is 2.99. The van der Waals surface area contributed by atoms with Crippen molar-refractivity contribution in [2.75, 3.05) is 0 Å². The summed E-state index contributed by atoms with van der Waals surface area (Å²) in [7, 11) is 0.